The second kappa shape index (κ2) is 4.33. The van der Waals surface area contributed by atoms with E-state index in [0.29, 0.717) is 5.76 Å². The minimum Gasteiger partial charge on any atom is -0.492 e. The molecule has 0 aromatic carbocycles. The van der Waals surface area contributed by atoms with Gasteiger partial charge in [0.1, 0.15) is 0 Å². The Balaban J connectivity index is 2.36. The van der Waals surface area contributed by atoms with Crippen molar-refractivity contribution in [1.82, 2.24) is 9.88 Å². The van der Waals surface area contributed by atoms with Gasteiger partial charge in [-0.25, -0.2) is 9.36 Å². The second-order valence-corrected chi connectivity index (χ2v) is 4.56. The molecule has 0 aliphatic carbocycles. The van der Waals surface area contributed by atoms with Crippen LogP contribution in [0.15, 0.2) is 9.21 Å². The van der Waals surface area contributed by atoms with Crippen LogP contribution in [0.4, 0.5) is 0 Å². The average molecular weight is 226 g/mol. The summed E-state index contributed by atoms with van der Waals surface area (Å²) in [6, 6.07) is 0.0602. The molecule has 0 unspecified atom stereocenters. The first-order valence-corrected chi connectivity index (χ1v) is 5.76. The summed E-state index contributed by atoms with van der Waals surface area (Å²) >= 11 is 0. The zero-order chi connectivity index (χ0) is 11.7. The van der Waals surface area contributed by atoms with Crippen LogP contribution in [0.5, 0.6) is 5.88 Å². The smallest absolute Gasteiger partial charge is 0.422 e. The fourth-order valence-electron chi connectivity index (χ4n) is 2.16. The minimum absolute atomic E-state index is 0.00639. The number of aromatic hydroxyl groups is 1. The molecule has 16 heavy (non-hydrogen) atoms. The van der Waals surface area contributed by atoms with Crippen LogP contribution in [0.3, 0.4) is 0 Å². The highest BCUT2D eigenvalue weighted by molar-refractivity contribution is 5.19. The Bertz CT molecular complexity index is 413. The summed E-state index contributed by atoms with van der Waals surface area (Å²) in [6.45, 7) is 5.53. The van der Waals surface area contributed by atoms with Gasteiger partial charge in [0.2, 0.25) is 5.88 Å². The molecule has 0 atom stereocenters. The van der Waals surface area contributed by atoms with Crippen molar-refractivity contribution in [2.75, 3.05) is 13.1 Å². The van der Waals surface area contributed by atoms with E-state index >= 15 is 0 Å². The molecule has 1 aliphatic rings. The molecule has 90 valence electrons. The van der Waals surface area contributed by atoms with Gasteiger partial charge in [-0.05, 0) is 25.9 Å². The lowest BCUT2D eigenvalue weighted by Gasteiger charge is -2.22. The van der Waals surface area contributed by atoms with Gasteiger partial charge in [-0.2, -0.15) is 0 Å². The van der Waals surface area contributed by atoms with Crippen LogP contribution in [0.1, 0.15) is 44.4 Å². The third kappa shape index (κ3) is 1.87. The number of rotatable bonds is 2. The van der Waals surface area contributed by atoms with Crippen molar-refractivity contribution in [1.29, 1.82) is 0 Å². The molecule has 0 saturated carbocycles. The molecule has 2 heterocycles. The average Bonchev–Trinajstić information content (AvgIpc) is 2.56. The Morgan fingerprint density at radius 2 is 2.06 bits per heavy atom. The molecule has 2 rings (SSSR count). The molecule has 0 radical (unpaired) electrons. The fraction of sp³-hybridized carbons (Fsp3) is 0.727. The van der Waals surface area contributed by atoms with E-state index in [4.69, 9.17) is 4.42 Å². The first-order chi connectivity index (χ1) is 7.61. The molecule has 2 N–H and O–H groups in total. The van der Waals surface area contributed by atoms with Crippen molar-refractivity contribution in [3.63, 3.8) is 0 Å². The first kappa shape index (κ1) is 11.3. The molecule has 1 fully saturated rings. The summed E-state index contributed by atoms with van der Waals surface area (Å²) in [6.07, 6.45) is 1.70. The number of nitrogens with one attached hydrogen (secondary N) is 1. The molecule has 0 bridgehead atoms. The van der Waals surface area contributed by atoms with Crippen LogP contribution >= 0.6 is 0 Å². The van der Waals surface area contributed by atoms with Crippen molar-refractivity contribution in [3.05, 3.63) is 16.3 Å². The fourth-order valence-corrected chi connectivity index (χ4v) is 2.16. The van der Waals surface area contributed by atoms with Crippen molar-refractivity contribution in [3.8, 4) is 5.88 Å². The minimum atomic E-state index is -0.437. The van der Waals surface area contributed by atoms with Gasteiger partial charge in [0.15, 0.2) is 5.76 Å². The molecule has 0 amide bonds. The summed E-state index contributed by atoms with van der Waals surface area (Å²) in [5.41, 5.74) is 0. The summed E-state index contributed by atoms with van der Waals surface area (Å²) < 4.78 is 6.50. The van der Waals surface area contributed by atoms with E-state index < -0.39 is 5.76 Å². The molecule has 0 spiro atoms. The van der Waals surface area contributed by atoms with Crippen molar-refractivity contribution in [2.45, 2.75) is 38.6 Å². The van der Waals surface area contributed by atoms with Crippen LogP contribution in [0.25, 0.3) is 0 Å². The zero-order valence-electron chi connectivity index (χ0n) is 9.69. The van der Waals surface area contributed by atoms with Gasteiger partial charge in [0.05, 0.1) is 0 Å². The topological polar surface area (TPSA) is 67.4 Å². The van der Waals surface area contributed by atoms with Crippen LogP contribution in [0, 0.1) is 0 Å². The van der Waals surface area contributed by atoms with E-state index in [1.165, 1.54) is 4.57 Å². The first-order valence-electron chi connectivity index (χ1n) is 5.76. The summed E-state index contributed by atoms with van der Waals surface area (Å²) in [4.78, 5) is 11.7. The van der Waals surface area contributed by atoms with Gasteiger partial charge in [-0.1, -0.05) is 13.8 Å². The Morgan fingerprint density at radius 3 is 2.56 bits per heavy atom. The number of hydrogen-bond acceptors (Lipinski definition) is 4. The Morgan fingerprint density at radius 1 is 1.44 bits per heavy atom. The highest BCUT2D eigenvalue weighted by atomic mass is 16.4. The Labute approximate surface area is 94.1 Å². The van der Waals surface area contributed by atoms with Gasteiger partial charge in [0.25, 0.3) is 0 Å². The van der Waals surface area contributed by atoms with Crippen LogP contribution < -0.4 is 11.1 Å². The highest BCUT2D eigenvalue weighted by Gasteiger charge is 2.25. The van der Waals surface area contributed by atoms with E-state index in [9.17, 15) is 9.90 Å². The van der Waals surface area contributed by atoms with Crippen molar-refractivity contribution in [2.24, 2.45) is 0 Å². The lowest BCUT2D eigenvalue weighted by molar-refractivity contribution is 0.310. The second-order valence-electron chi connectivity index (χ2n) is 4.56. The molecule has 1 saturated heterocycles. The highest BCUT2D eigenvalue weighted by Crippen LogP contribution is 2.29. The maximum atomic E-state index is 11.7. The van der Waals surface area contributed by atoms with Crippen molar-refractivity contribution < 1.29 is 9.52 Å². The van der Waals surface area contributed by atoms with Gasteiger partial charge < -0.3 is 14.8 Å². The van der Waals surface area contributed by atoms with Gasteiger partial charge in [0, 0.05) is 12.0 Å². The van der Waals surface area contributed by atoms with Gasteiger partial charge in [-0.15, -0.1) is 0 Å². The Kier molecular flexibility index (Phi) is 3.05. The maximum Gasteiger partial charge on any atom is 0.422 e. The normalized spacial score (nSPS) is 18.2. The SMILES string of the molecule is CC(C)c1oc(=O)n(C2CCNCC2)c1O. The van der Waals surface area contributed by atoms with E-state index in [1.807, 2.05) is 13.8 Å². The molecule has 5 heteroatoms. The molecule has 1 aliphatic heterocycles. The lowest BCUT2D eigenvalue weighted by atomic mass is 10.1. The number of oxazole rings is 1. The molecule has 1 aromatic heterocycles. The Hall–Kier alpha value is -1.23. The van der Waals surface area contributed by atoms with E-state index in [0.717, 1.165) is 25.9 Å². The van der Waals surface area contributed by atoms with Crippen LogP contribution in [-0.4, -0.2) is 22.8 Å². The quantitative estimate of drug-likeness (QED) is 0.795. The third-order valence-electron chi connectivity index (χ3n) is 3.04. The van der Waals surface area contributed by atoms with E-state index in [1.54, 1.807) is 0 Å². The van der Waals surface area contributed by atoms with Gasteiger partial charge in [-0.3, -0.25) is 0 Å². The number of piperidine rings is 1. The van der Waals surface area contributed by atoms with Crippen LogP contribution in [0.2, 0.25) is 0 Å². The number of nitrogens with zero attached hydrogens (tertiary/aromatic N) is 1. The summed E-state index contributed by atoms with van der Waals surface area (Å²) in [5, 5.41) is 13.2. The number of aromatic nitrogens is 1. The van der Waals surface area contributed by atoms with E-state index in [-0.39, 0.29) is 17.8 Å². The number of hydrogen-bond donors (Lipinski definition) is 2. The maximum absolute atomic E-state index is 11.7. The lowest BCUT2D eigenvalue weighted by Crippen LogP contribution is -2.32. The predicted molar refractivity (Wildman–Crippen MR) is 59.9 cm³/mol. The standard InChI is InChI=1S/C11H18N2O3/c1-7(2)9-10(14)13(11(15)16-9)8-3-5-12-6-4-8/h7-8,12,14H,3-6H2,1-2H3. The van der Waals surface area contributed by atoms with E-state index in [2.05, 4.69) is 5.32 Å². The largest absolute Gasteiger partial charge is 0.492 e. The van der Waals surface area contributed by atoms with Crippen LogP contribution in [-0.2, 0) is 0 Å². The summed E-state index contributed by atoms with van der Waals surface area (Å²) in [5.74, 6) is -0.0146. The molecule has 1 aromatic rings. The monoisotopic (exact) mass is 226 g/mol. The summed E-state index contributed by atoms with van der Waals surface area (Å²) in [7, 11) is 0. The molecular formula is C11H18N2O3. The van der Waals surface area contributed by atoms with Gasteiger partial charge >= 0.3 is 5.76 Å². The predicted octanol–water partition coefficient (Wildman–Crippen LogP) is 1.19. The third-order valence-corrected chi connectivity index (χ3v) is 3.04. The zero-order valence-corrected chi connectivity index (χ0v) is 9.69. The molecule has 5 nitrogen and oxygen atoms in total. The van der Waals surface area contributed by atoms with Crippen molar-refractivity contribution >= 4 is 0 Å². The molecular weight excluding hydrogens is 208 g/mol.